The smallest absolute Gasteiger partial charge is 0.312 e. The van der Waals surface area contributed by atoms with E-state index >= 15 is 0 Å². The Kier molecular flexibility index (Phi) is 2.48. The van der Waals surface area contributed by atoms with Crippen molar-refractivity contribution >= 4 is 11.8 Å². The summed E-state index contributed by atoms with van der Waals surface area (Å²) < 4.78 is 5.50. The molecule has 0 unspecified atom stereocenters. The van der Waals surface area contributed by atoms with Gasteiger partial charge in [0.1, 0.15) is 5.78 Å². The minimum Gasteiger partial charge on any atom is -0.469 e. The van der Waals surface area contributed by atoms with Gasteiger partial charge in [0.15, 0.2) is 0 Å². The van der Waals surface area contributed by atoms with E-state index in [9.17, 15) is 9.59 Å². The molecule has 7 aliphatic rings. The monoisotopic (exact) mass is 368 g/mol. The SMILES string of the molecule is COC(=O)[C@@]1(C)[C@@H]2[C@@H]3CCC[C@@H]3[C@@H]3[C@@H]2[C@@H]2[C@@H]4[C@@H]5[C@H](CC[C@]5(C)C(=O)[C@]34C)[C@@H]21. The number of methoxy groups -OCH3 is 1. The van der Waals surface area contributed by atoms with Crippen LogP contribution in [0.5, 0.6) is 0 Å². The standard InChI is InChI=1S/C24H32O3/c1-22-9-8-12-17-14-13-15(23(2,20(22)25)19(14)18(12)22)10-6-5-7-11(10)16(13)24(17,3)21(26)27-4/h10-19H,5-9H2,1-4H3/t10-,11+,12+,13-,14-,15+,16+,17-,18-,19+,22-,23+,24-/m0/s1. The predicted octanol–water partition coefficient (Wildman–Crippen LogP) is 3.96. The maximum atomic E-state index is 14.0. The Morgan fingerprint density at radius 1 is 0.889 bits per heavy atom. The van der Waals surface area contributed by atoms with E-state index in [1.807, 2.05) is 0 Å². The van der Waals surface area contributed by atoms with Crippen LogP contribution in [0, 0.1) is 75.4 Å². The highest BCUT2D eigenvalue weighted by Gasteiger charge is 2.89. The molecule has 7 rings (SSSR count). The average Bonchev–Trinajstić information content (AvgIpc) is 3.42. The Labute approximate surface area is 162 Å². The van der Waals surface area contributed by atoms with E-state index in [2.05, 4.69) is 20.8 Å². The van der Waals surface area contributed by atoms with Crippen molar-refractivity contribution < 1.29 is 14.3 Å². The number of carbonyl (C=O) groups excluding carboxylic acids is 2. The van der Waals surface area contributed by atoms with Gasteiger partial charge < -0.3 is 4.74 Å². The summed E-state index contributed by atoms with van der Waals surface area (Å²) in [5, 5.41) is 0. The van der Waals surface area contributed by atoms with Gasteiger partial charge in [0.05, 0.1) is 12.5 Å². The van der Waals surface area contributed by atoms with Crippen molar-refractivity contribution in [3.05, 3.63) is 0 Å². The zero-order valence-corrected chi connectivity index (χ0v) is 17.0. The first kappa shape index (κ1) is 16.0. The van der Waals surface area contributed by atoms with E-state index < -0.39 is 0 Å². The lowest BCUT2D eigenvalue weighted by molar-refractivity contribution is -0.160. The number of rotatable bonds is 1. The van der Waals surface area contributed by atoms with Crippen LogP contribution >= 0.6 is 0 Å². The van der Waals surface area contributed by atoms with Crippen LogP contribution in [-0.4, -0.2) is 18.9 Å². The molecule has 0 aromatic carbocycles. The molecule has 7 fully saturated rings. The summed E-state index contributed by atoms with van der Waals surface area (Å²) in [6, 6.07) is 0. The molecular formula is C24H32O3. The van der Waals surface area contributed by atoms with Crippen molar-refractivity contribution in [3.63, 3.8) is 0 Å². The molecule has 0 heterocycles. The van der Waals surface area contributed by atoms with E-state index in [4.69, 9.17) is 4.74 Å². The van der Waals surface area contributed by atoms with Gasteiger partial charge in [0.2, 0.25) is 0 Å². The molecule has 3 nitrogen and oxygen atoms in total. The zero-order valence-electron chi connectivity index (χ0n) is 17.0. The molecule has 0 spiro atoms. The second kappa shape index (κ2) is 4.19. The molecule has 0 saturated heterocycles. The molecular weight excluding hydrogens is 336 g/mol. The second-order valence-corrected chi connectivity index (χ2v) is 12.0. The number of hydrogen-bond acceptors (Lipinski definition) is 3. The molecule has 7 saturated carbocycles. The third-order valence-electron chi connectivity index (χ3n) is 12.1. The molecule has 0 aromatic rings. The average molecular weight is 369 g/mol. The number of esters is 1. The molecule has 0 amide bonds. The summed E-state index contributed by atoms with van der Waals surface area (Å²) in [7, 11) is 1.60. The van der Waals surface area contributed by atoms with E-state index in [-0.39, 0.29) is 22.2 Å². The maximum Gasteiger partial charge on any atom is 0.312 e. The minimum atomic E-state index is -0.309. The number of fused-ring (bicyclic) bond motifs is 5. The lowest BCUT2D eigenvalue weighted by Gasteiger charge is -2.39. The fraction of sp³-hybridized carbons (Fsp3) is 0.917. The number of ether oxygens (including phenoxy) is 1. The Balaban J connectivity index is 1.52. The first-order valence-electron chi connectivity index (χ1n) is 11.5. The summed E-state index contributed by atoms with van der Waals surface area (Å²) in [4.78, 5) is 27.3. The van der Waals surface area contributed by atoms with Crippen molar-refractivity contribution in [1.82, 2.24) is 0 Å². The van der Waals surface area contributed by atoms with Crippen LogP contribution in [0.3, 0.4) is 0 Å². The van der Waals surface area contributed by atoms with Crippen molar-refractivity contribution in [2.45, 2.75) is 52.9 Å². The number of carbonyl (C=O) groups is 2. The number of ketones is 1. The summed E-state index contributed by atoms with van der Waals surface area (Å²) >= 11 is 0. The third-order valence-corrected chi connectivity index (χ3v) is 12.1. The Morgan fingerprint density at radius 3 is 2.22 bits per heavy atom. The molecule has 0 aromatic heterocycles. The Hall–Kier alpha value is -0.860. The minimum absolute atomic E-state index is 0.0693. The van der Waals surface area contributed by atoms with Gasteiger partial charge in [-0.3, -0.25) is 9.59 Å². The van der Waals surface area contributed by atoms with Gasteiger partial charge in [-0.25, -0.2) is 0 Å². The van der Waals surface area contributed by atoms with E-state index in [1.165, 1.54) is 19.3 Å². The summed E-state index contributed by atoms with van der Waals surface area (Å²) in [5.41, 5.74) is -0.513. The first-order valence-corrected chi connectivity index (χ1v) is 11.5. The molecule has 13 atom stereocenters. The van der Waals surface area contributed by atoms with Gasteiger partial charge >= 0.3 is 5.97 Å². The second-order valence-electron chi connectivity index (χ2n) is 12.0. The number of Topliss-reactive ketones (excluding diaryl/α,β-unsaturated/α-hetero) is 1. The van der Waals surface area contributed by atoms with E-state index in [0.29, 0.717) is 65.0 Å². The maximum absolute atomic E-state index is 14.0. The molecule has 0 aliphatic heterocycles. The Bertz CT molecular complexity index is 791. The fourth-order valence-corrected chi connectivity index (χ4v) is 12.2. The largest absolute Gasteiger partial charge is 0.469 e. The van der Waals surface area contributed by atoms with Crippen molar-refractivity contribution in [3.8, 4) is 0 Å². The van der Waals surface area contributed by atoms with Crippen LogP contribution < -0.4 is 0 Å². The quantitative estimate of drug-likeness (QED) is 0.658. The van der Waals surface area contributed by atoms with E-state index in [1.54, 1.807) is 7.11 Å². The van der Waals surface area contributed by atoms with Gasteiger partial charge in [-0.05, 0) is 91.8 Å². The molecule has 146 valence electrons. The van der Waals surface area contributed by atoms with Gasteiger partial charge in [0.25, 0.3) is 0 Å². The van der Waals surface area contributed by atoms with Gasteiger partial charge in [-0.15, -0.1) is 0 Å². The van der Waals surface area contributed by atoms with Crippen LogP contribution in [0.25, 0.3) is 0 Å². The van der Waals surface area contributed by atoms with Crippen molar-refractivity contribution in [2.75, 3.05) is 7.11 Å². The van der Waals surface area contributed by atoms with Gasteiger partial charge in [-0.2, -0.15) is 0 Å². The molecule has 7 aliphatic carbocycles. The third kappa shape index (κ3) is 1.22. The highest BCUT2D eigenvalue weighted by molar-refractivity contribution is 5.95. The Morgan fingerprint density at radius 2 is 1.52 bits per heavy atom. The van der Waals surface area contributed by atoms with E-state index in [0.717, 1.165) is 12.8 Å². The van der Waals surface area contributed by atoms with Crippen molar-refractivity contribution in [2.24, 2.45) is 75.4 Å². The predicted molar refractivity (Wildman–Crippen MR) is 99.3 cm³/mol. The zero-order chi connectivity index (χ0) is 18.7. The summed E-state index contributed by atoms with van der Waals surface area (Å²) in [6.45, 7) is 6.98. The summed E-state index contributed by atoms with van der Waals surface area (Å²) in [6.07, 6.45) is 6.07. The summed E-state index contributed by atoms with van der Waals surface area (Å²) in [5.74, 6) is 6.44. The highest BCUT2D eigenvalue weighted by atomic mass is 16.5. The molecule has 0 radical (unpaired) electrons. The fourth-order valence-electron chi connectivity index (χ4n) is 12.2. The van der Waals surface area contributed by atoms with Crippen LogP contribution in [0.4, 0.5) is 0 Å². The van der Waals surface area contributed by atoms with Crippen molar-refractivity contribution in [1.29, 1.82) is 0 Å². The number of hydrogen-bond donors (Lipinski definition) is 0. The van der Waals surface area contributed by atoms with Gasteiger partial charge in [-0.1, -0.05) is 20.3 Å². The molecule has 0 bridgehead atoms. The van der Waals surface area contributed by atoms with Crippen LogP contribution in [0.2, 0.25) is 0 Å². The molecule has 3 heteroatoms. The van der Waals surface area contributed by atoms with Crippen LogP contribution in [-0.2, 0) is 14.3 Å². The molecule has 27 heavy (non-hydrogen) atoms. The van der Waals surface area contributed by atoms with Gasteiger partial charge in [0, 0.05) is 10.8 Å². The highest BCUT2D eigenvalue weighted by Crippen LogP contribution is 2.89. The van der Waals surface area contributed by atoms with Crippen LogP contribution in [0.15, 0.2) is 0 Å². The topological polar surface area (TPSA) is 43.4 Å². The first-order chi connectivity index (χ1) is 12.8. The normalized spacial score (nSPS) is 68.7. The lowest BCUT2D eigenvalue weighted by atomic mass is 9.64. The lowest BCUT2D eigenvalue weighted by Crippen LogP contribution is -2.44. The molecule has 0 N–H and O–H groups in total. The van der Waals surface area contributed by atoms with Crippen LogP contribution in [0.1, 0.15) is 52.9 Å².